The van der Waals surface area contributed by atoms with Gasteiger partial charge in [0.15, 0.2) is 0 Å². The molecular formula is C13H18BrN3O3. The number of nitro groups is 1. The van der Waals surface area contributed by atoms with E-state index in [0.717, 1.165) is 5.56 Å². The number of benzene rings is 1. The van der Waals surface area contributed by atoms with E-state index in [1.807, 2.05) is 13.8 Å². The van der Waals surface area contributed by atoms with E-state index in [9.17, 15) is 14.9 Å². The topological polar surface area (TPSA) is 84.3 Å². The zero-order valence-electron chi connectivity index (χ0n) is 11.5. The van der Waals surface area contributed by atoms with E-state index in [2.05, 4.69) is 26.6 Å². The Labute approximate surface area is 126 Å². The molecule has 1 amide bonds. The monoisotopic (exact) mass is 343 g/mol. The second-order valence-corrected chi connectivity index (χ2v) is 5.55. The summed E-state index contributed by atoms with van der Waals surface area (Å²) in [5, 5.41) is 16.7. The molecule has 0 aliphatic rings. The van der Waals surface area contributed by atoms with E-state index < -0.39 is 4.92 Å². The van der Waals surface area contributed by atoms with E-state index >= 15 is 0 Å². The number of carbonyl (C=O) groups excluding carboxylic acids is 1. The molecule has 0 atom stereocenters. The Hall–Kier alpha value is -1.47. The molecule has 0 aromatic heterocycles. The number of rotatable bonds is 7. The molecule has 6 nitrogen and oxygen atoms in total. The Kier molecular flexibility index (Phi) is 6.60. The summed E-state index contributed by atoms with van der Waals surface area (Å²) in [6.07, 6.45) is 0.386. The summed E-state index contributed by atoms with van der Waals surface area (Å²) in [5.41, 5.74) is 0.853. The van der Waals surface area contributed by atoms with E-state index in [1.54, 1.807) is 12.1 Å². The first-order valence-corrected chi connectivity index (χ1v) is 7.12. The van der Waals surface area contributed by atoms with Crippen molar-refractivity contribution in [1.29, 1.82) is 0 Å². The maximum atomic E-state index is 11.4. The fourth-order valence-corrected chi connectivity index (χ4v) is 2.03. The van der Waals surface area contributed by atoms with Gasteiger partial charge in [-0.1, -0.05) is 6.07 Å². The molecule has 0 radical (unpaired) electrons. The first-order chi connectivity index (χ1) is 9.40. The van der Waals surface area contributed by atoms with Crippen LogP contribution in [0.2, 0.25) is 0 Å². The minimum Gasteiger partial charge on any atom is -0.354 e. The van der Waals surface area contributed by atoms with Crippen molar-refractivity contribution in [1.82, 2.24) is 10.6 Å². The van der Waals surface area contributed by atoms with E-state index in [0.29, 0.717) is 24.0 Å². The van der Waals surface area contributed by atoms with Crippen LogP contribution in [-0.4, -0.2) is 23.4 Å². The van der Waals surface area contributed by atoms with Gasteiger partial charge in [0.2, 0.25) is 5.91 Å². The molecule has 0 aliphatic carbocycles. The lowest BCUT2D eigenvalue weighted by molar-refractivity contribution is -0.385. The number of nitro benzene ring substituents is 1. The highest BCUT2D eigenvalue weighted by molar-refractivity contribution is 9.10. The van der Waals surface area contributed by atoms with Gasteiger partial charge in [-0.3, -0.25) is 14.9 Å². The number of hydrogen-bond acceptors (Lipinski definition) is 4. The SMILES string of the molecule is CC(C)NC(=O)CCNCc1ccc(Br)c([N+](=O)[O-])c1. The number of hydrogen-bond donors (Lipinski definition) is 2. The van der Waals surface area contributed by atoms with Crippen LogP contribution in [-0.2, 0) is 11.3 Å². The number of halogens is 1. The second-order valence-electron chi connectivity index (χ2n) is 4.69. The van der Waals surface area contributed by atoms with Crippen molar-refractivity contribution in [2.24, 2.45) is 0 Å². The number of nitrogens with one attached hydrogen (secondary N) is 2. The van der Waals surface area contributed by atoms with Gasteiger partial charge in [-0.2, -0.15) is 0 Å². The van der Waals surface area contributed by atoms with Crippen molar-refractivity contribution in [3.63, 3.8) is 0 Å². The van der Waals surface area contributed by atoms with Gasteiger partial charge < -0.3 is 10.6 Å². The Bertz CT molecular complexity index is 492. The molecule has 7 heteroatoms. The number of carbonyl (C=O) groups is 1. The molecule has 0 bridgehead atoms. The minimum absolute atomic E-state index is 0.00529. The van der Waals surface area contributed by atoms with Gasteiger partial charge >= 0.3 is 0 Å². The van der Waals surface area contributed by atoms with Gasteiger partial charge in [-0.15, -0.1) is 0 Å². The maximum absolute atomic E-state index is 11.4. The fourth-order valence-electron chi connectivity index (χ4n) is 1.64. The first-order valence-electron chi connectivity index (χ1n) is 6.33. The number of amides is 1. The highest BCUT2D eigenvalue weighted by Crippen LogP contribution is 2.25. The minimum atomic E-state index is -0.427. The van der Waals surface area contributed by atoms with E-state index in [-0.39, 0.29) is 17.6 Å². The first kappa shape index (κ1) is 16.6. The lowest BCUT2D eigenvalue weighted by Crippen LogP contribution is -2.32. The van der Waals surface area contributed by atoms with Crippen LogP contribution in [0.5, 0.6) is 0 Å². The van der Waals surface area contributed by atoms with Crippen molar-refractivity contribution >= 4 is 27.5 Å². The maximum Gasteiger partial charge on any atom is 0.283 e. The molecule has 20 heavy (non-hydrogen) atoms. The molecular weight excluding hydrogens is 326 g/mol. The summed E-state index contributed by atoms with van der Waals surface area (Å²) in [6, 6.07) is 5.11. The summed E-state index contributed by atoms with van der Waals surface area (Å²) in [5.74, 6) is -0.00529. The quantitative estimate of drug-likeness (QED) is 0.452. The Morgan fingerprint density at radius 2 is 2.15 bits per heavy atom. The van der Waals surface area contributed by atoms with Crippen LogP contribution in [0.3, 0.4) is 0 Å². The Morgan fingerprint density at radius 3 is 2.75 bits per heavy atom. The predicted molar refractivity (Wildman–Crippen MR) is 80.4 cm³/mol. The van der Waals surface area contributed by atoms with Crippen LogP contribution < -0.4 is 10.6 Å². The molecule has 110 valence electrons. The summed E-state index contributed by atoms with van der Waals surface area (Å²) in [4.78, 5) is 21.8. The van der Waals surface area contributed by atoms with Gasteiger partial charge in [-0.05, 0) is 41.4 Å². The lowest BCUT2D eigenvalue weighted by Gasteiger charge is -2.09. The smallest absolute Gasteiger partial charge is 0.283 e. The molecule has 0 unspecified atom stereocenters. The molecule has 0 saturated heterocycles. The van der Waals surface area contributed by atoms with Crippen molar-refractivity contribution in [2.45, 2.75) is 32.9 Å². The van der Waals surface area contributed by atoms with Crippen molar-refractivity contribution in [3.8, 4) is 0 Å². The predicted octanol–water partition coefficient (Wildman–Crippen LogP) is 2.36. The molecule has 1 rings (SSSR count). The van der Waals surface area contributed by atoms with Gasteiger partial charge in [0, 0.05) is 31.6 Å². The van der Waals surface area contributed by atoms with Gasteiger partial charge in [0.25, 0.3) is 5.69 Å². The van der Waals surface area contributed by atoms with Crippen molar-refractivity contribution in [3.05, 3.63) is 38.3 Å². The lowest BCUT2D eigenvalue weighted by atomic mass is 10.2. The molecule has 1 aromatic carbocycles. The average Bonchev–Trinajstić information content (AvgIpc) is 2.35. The highest BCUT2D eigenvalue weighted by Gasteiger charge is 2.12. The summed E-state index contributed by atoms with van der Waals surface area (Å²) in [7, 11) is 0. The van der Waals surface area contributed by atoms with Gasteiger partial charge in [-0.25, -0.2) is 0 Å². The zero-order valence-corrected chi connectivity index (χ0v) is 13.1. The Morgan fingerprint density at radius 1 is 1.45 bits per heavy atom. The molecule has 2 N–H and O–H groups in total. The highest BCUT2D eigenvalue weighted by atomic mass is 79.9. The van der Waals surface area contributed by atoms with E-state index in [4.69, 9.17) is 0 Å². The summed E-state index contributed by atoms with van der Waals surface area (Å²) >= 11 is 3.14. The average molecular weight is 344 g/mol. The van der Waals surface area contributed by atoms with Gasteiger partial charge in [0.05, 0.1) is 9.40 Å². The summed E-state index contributed by atoms with van der Waals surface area (Å²) in [6.45, 7) is 4.84. The second kappa shape index (κ2) is 7.96. The molecule has 1 aromatic rings. The zero-order chi connectivity index (χ0) is 15.1. The third kappa shape index (κ3) is 5.66. The molecule has 0 fully saturated rings. The largest absolute Gasteiger partial charge is 0.354 e. The van der Waals surface area contributed by atoms with Crippen LogP contribution in [0.4, 0.5) is 5.69 Å². The molecule has 0 spiro atoms. The molecule has 0 heterocycles. The van der Waals surface area contributed by atoms with Crippen molar-refractivity contribution in [2.75, 3.05) is 6.54 Å². The van der Waals surface area contributed by atoms with Crippen molar-refractivity contribution < 1.29 is 9.72 Å². The van der Waals surface area contributed by atoms with Crippen LogP contribution in [0.25, 0.3) is 0 Å². The fraction of sp³-hybridized carbons (Fsp3) is 0.462. The Balaban J connectivity index is 2.41. The van der Waals surface area contributed by atoms with E-state index in [1.165, 1.54) is 6.07 Å². The standard InChI is InChI=1S/C13H18BrN3O3/c1-9(2)16-13(18)5-6-15-8-10-3-4-11(14)12(7-10)17(19)20/h3-4,7,9,15H,5-6,8H2,1-2H3,(H,16,18). The van der Waals surface area contributed by atoms with Crippen LogP contribution >= 0.6 is 15.9 Å². The van der Waals surface area contributed by atoms with Crippen LogP contribution in [0.1, 0.15) is 25.8 Å². The number of nitrogens with zero attached hydrogens (tertiary/aromatic N) is 1. The van der Waals surface area contributed by atoms with Gasteiger partial charge in [0.1, 0.15) is 0 Å². The van der Waals surface area contributed by atoms with Crippen LogP contribution in [0, 0.1) is 10.1 Å². The summed E-state index contributed by atoms with van der Waals surface area (Å²) < 4.78 is 0.461. The molecule has 0 aliphatic heterocycles. The van der Waals surface area contributed by atoms with Crippen LogP contribution in [0.15, 0.2) is 22.7 Å². The third-order valence-electron chi connectivity index (χ3n) is 2.51. The molecule has 0 saturated carbocycles. The third-order valence-corrected chi connectivity index (χ3v) is 3.19. The normalized spacial score (nSPS) is 10.6.